The van der Waals surface area contributed by atoms with Crippen LogP contribution in [-0.2, 0) is 4.79 Å². The summed E-state index contributed by atoms with van der Waals surface area (Å²) in [7, 11) is 0. The van der Waals surface area contributed by atoms with Crippen LogP contribution in [0.25, 0.3) is 0 Å². The summed E-state index contributed by atoms with van der Waals surface area (Å²) in [6, 6.07) is 0. The summed E-state index contributed by atoms with van der Waals surface area (Å²) in [4.78, 5) is 13.4. The lowest BCUT2D eigenvalue weighted by Crippen LogP contribution is -2.41. The summed E-state index contributed by atoms with van der Waals surface area (Å²) in [5, 5.41) is 9.03. The number of aliphatic carboxylic acids is 1. The lowest BCUT2D eigenvalue weighted by atomic mass is 9.89. The van der Waals surface area contributed by atoms with Crippen LogP contribution in [0.2, 0.25) is 0 Å². The van der Waals surface area contributed by atoms with E-state index in [1.54, 1.807) is 13.8 Å². The van der Waals surface area contributed by atoms with Gasteiger partial charge in [-0.1, -0.05) is 0 Å². The first-order valence-electron chi connectivity index (χ1n) is 5.74. The summed E-state index contributed by atoms with van der Waals surface area (Å²) >= 11 is 0. The second-order valence-corrected chi connectivity index (χ2v) is 5.84. The third kappa shape index (κ3) is 2.94. The predicted octanol–water partition coefficient (Wildman–Crippen LogP) is 2.36. The molecule has 0 spiro atoms. The van der Waals surface area contributed by atoms with Gasteiger partial charge in [0.25, 0.3) is 0 Å². The summed E-state index contributed by atoms with van der Waals surface area (Å²) in [5.74, 6) is -0.695. The van der Waals surface area contributed by atoms with Crippen LogP contribution in [0.15, 0.2) is 0 Å². The Bertz CT molecular complexity index is 246. The Hall–Kier alpha value is -0.570. The van der Waals surface area contributed by atoms with E-state index < -0.39 is 11.4 Å². The molecule has 0 unspecified atom stereocenters. The molecular weight excluding hydrogens is 190 g/mol. The standard InChI is InChI=1S/C12H23NO2/c1-11(2,10(14)15)7-9-13-8-5-6-12(13,3)4/h5-9H2,1-4H3,(H,14,15). The lowest BCUT2D eigenvalue weighted by Gasteiger charge is -2.33. The van der Waals surface area contributed by atoms with E-state index in [-0.39, 0.29) is 5.54 Å². The number of rotatable bonds is 4. The Labute approximate surface area is 92.5 Å². The monoisotopic (exact) mass is 213 g/mol. The van der Waals surface area contributed by atoms with E-state index in [9.17, 15) is 4.79 Å². The van der Waals surface area contributed by atoms with Gasteiger partial charge in [0.2, 0.25) is 0 Å². The van der Waals surface area contributed by atoms with Crippen LogP contribution < -0.4 is 0 Å². The maximum absolute atomic E-state index is 11.0. The molecule has 1 saturated heterocycles. The van der Waals surface area contributed by atoms with E-state index >= 15 is 0 Å². The molecule has 15 heavy (non-hydrogen) atoms. The fraction of sp³-hybridized carbons (Fsp3) is 0.917. The molecule has 1 aliphatic rings. The van der Waals surface area contributed by atoms with Gasteiger partial charge >= 0.3 is 5.97 Å². The lowest BCUT2D eigenvalue weighted by molar-refractivity contribution is -0.147. The van der Waals surface area contributed by atoms with E-state index in [2.05, 4.69) is 18.7 Å². The largest absolute Gasteiger partial charge is 0.481 e. The molecule has 0 saturated carbocycles. The molecule has 0 aromatic carbocycles. The Kier molecular flexibility index (Phi) is 3.44. The molecule has 0 bridgehead atoms. The first-order chi connectivity index (χ1) is 6.76. The number of likely N-dealkylation sites (tertiary alicyclic amines) is 1. The summed E-state index contributed by atoms with van der Waals surface area (Å²) in [6.07, 6.45) is 3.19. The molecule has 1 N–H and O–H groups in total. The van der Waals surface area contributed by atoms with Crippen molar-refractivity contribution >= 4 is 5.97 Å². The Morgan fingerprint density at radius 1 is 1.47 bits per heavy atom. The first kappa shape index (κ1) is 12.5. The van der Waals surface area contributed by atoms with Gasteiger partial charge in [0.05, 0.1) is 5.41 Å². The van der Waals surface area contributed by atoms with Crippen LogP contribution >= 0.6 is 0 Å². The van der Waals surface area contributed by atoms with Crippen molar-refractivity contribution in [1.29, 1.82) is 0 Å². The number of hydrogen-bond acceptors (Lipinski definition) is 2. The quantitative estimate of drug-likeness (QED) is 0.779. The van der Waals surface area contributed by atoms with Gasteiger partial charge in [0, 0.05) is 5.54 Å². The molecule has 3 heteroatoms. The van der Waals surface area contributed by atoms with Crippen molar-refractivity contribution in [2.75, 3.05) is 13.1 Å². The molecule has 0 aromatic rings. The fourth-order valence-electron chi connectivity index (χ4n) is 2.10. The van der Waals surface area contributed by atoms with E-state index in [1.165, 1.54) is 12.8 Å². The smallest absolute Gasteiger partial charge is 0.309 e. The Morgan fingerprint density at radius 3 is 2.47 bits per heavy atom. The summed E-state index contributed by atoms with van der Waals surface area (Å²) < 4.78 is 0. The van der Waals surface area contributed by atoms with Gasteiger partial charge in [0.1, 0.15) is 0 Å². The third-order valence-electron chi connectivity index (χ3n) is 3.66. The van der Waals surface area contributed by atoms with Gasteiger partial charge in [-0.05, 0) is 60.0 Å². The molecule has 3 nitrogen and oxygen atoms in total. The number of carboxylic acid groups (broad SMARTS) is 1. The minimum absolute atomic E-state index is 0.259. The van der Waals surface area contributed by atoms with E-state index in [1.807, 2.05) is 0 Å². The summed E-state index contributed by atoms with van der Waals surface area (Å²) in [5.41, 5.74) is -0.340. The highest BCUT2D eigenvalue weighted by Crippen LogP contribution is 2.30. The van der Waals surface area contributed by atoms with E-state index in [0.29, 0.717) is 0 Å². The first-order valence-corrected chi connectivity index (χ1v) is 5.74. The maximum Gasteiger partial charge on any atom is 0.309 e. The number of carboxylic acids is 1. The highest BCUT2D eigenvalue weighted by molar-refractivity contribution is 5.73. The van der Waals surface area contributed by atoms with Crippen molar-refractivity contribution in [2.24, 2.45) is 5.41 Å². The molecule has 1 heterocycles. The van der Waals surface area contributed by atoms with Crippen LogP contribution in [0.4, 0.5) is 0 Å². The van der Waals surface area contributed by atoms with Crippen molar-refractivity contribution < 1.29 is 9.90 Å². The maximum atomic E-state index is 11.0. The van der Waals surface area contributed by atoms with Crippen molar-refractivity contribution in [3.63, 3.8) is 0 Å². The molecule has 88 valence electrons. The topological polar surface area (TPSA) is 40.5 Å². The van der Waals surface area contributed by atoms with Crippen LogP contribution in [0, 0.1) is 5.41 Å². The third-order valence-corrected chi connectivity index (χ3v) is 3.66. The molecule has 0 aliphatic carbocycles. The molecule has 0 amide bonds. The van der Waals surface area contributed by atoms with E-state index in [4.69, 9.17) is 5.11 Å². The zero-order valence-electron chi connectivity index (χ0n) is 10.3. The van der Waals surface area contributed by atoms with Crippen LogP contribution in [0.5, 0.6) is 0 Å². The SMILES string of the molecule is CC(C)(CCN1CCCC1(C)C)C(=O)O. The second-order valence-electron chi connectivity index (χ2n) is 5.84. The van der Waals surface area contributed by atoms with Crippen LogP contribution in [0.3, 0.4) is 0 Å². The van der Waals surface area contributed by atoms with Gasteiger partial charge in [0.15, 0.2) is 0 Å². The molecule has 0 atom stereocenters. The normalized spacial score (nSPS) is 21.9. The van der Waals surface area contributed by atoms with Crippen molar-refractivity contribution in [1.82, 2.24) is 4.90 Å². The van der Waals surface area contributed by atoms with Gasteiger partial charge in [-0.15, -0.1) is 0 Å². The zero-order valence-corrected chi connectivity index (χ0v) is 10.3. The predicted molar refractivity (Wildman–Crippen MR) is 60.9 cm³/mol. The Balaban J connectivity index is 2.47. The minimum atomic E-state index is -0.695. The highest BCUT2D eigenvalue weighted by Gasteiger charge is 2.34. The number of hydrogen-bond donors (Lipinski definition) is 1. The van der Waals surface area contributed by atoms with E-state index in [0.717, 1.165) is 19.5 Å². The van der Waals surface area contributed by atoms with Crippen molar-refractivity contribution in [3.8, 4) is 0 Å². The van der Waals surface area contributed by atoms with Gasteiger partial charge in [-0.2, -0.15) is 0 Å². The highest BCUT2D eigenvalue weighted by atomic mass is 16.4. The van der Waals surface area contributed by atoms with Gasteiger partial charge in [-0.25, -0.2) is 0 Å². The van der Waals surface area contributed by atoms with Gasteiger partial charge in [-0.3, -0.25) is 9.69 Å². The molecule has 0 radical (unpaired) electrons. The molecule has 1 fully saturated rings. The average Bonchev–Trinajstić information content (AvgIpc) is 2.41. The zero-order chi connectivity index (χ0) is 11.7. The summed E-state index contributed by atoms with van der Waals surface area (Å²) in [6.45, 7) is 10.1. The molecular formula is C12H23NO2. The van der Waals surface area contributed by atoms with Gasteiger partial charge < -0.3 is 5.11 Å². The van der Waals surface area contributed by atoms with Crippen molar-refractivity contribution in [3.05, 3.63) is 0 Å². The second kappa shape index (κ2) is 4.12. The fourth-order valence-corrected chi connectivity index (χ4v) is 2.10. The minimum Gasteiger partial charge on any atom is -0.481 e. The molecule has 1 aliphatic heterocycles. The van der Waals surface area contributed by atoms with Crippen molar-refractivity contribution in [2.45, 2.75) is 52.5 Å². The molecule has 0 aromatic heterocycles. The van der Waals surface area contributed by atoms with Crippen LogP contribution in [-0.4, -0.2) is 34.6 Å². The number of nitrogens with zero attached hydrogens (tertiary/aromatic N) is 1. The molecule has 1 rings (SSSR count). The Morgan fingerprint density at radius 2 is 2.07 bits per heavy atom. The number of carbonyl (C=O) groups is 1. The average molecular weight is 213 g/mol. The van der Waals surface area contributed by atoms with Crippen LogP contribution in [0.1, 0.15) is 47.0 Å².